The van der Waals surface area contributed by atoms with E-state index in [4.69, 9.17) is 4.74 Å². The summed E-state index contributed by atoms with van der Waals surface area (Å²) in [6, 6.07) is 6.26. The standard InChI is InChI=1S/C26H34F2N2O3.ClH/c1-15(31)30-23(10-16-8-18(27)11-19(28)9-16)25(32)22-12-20-17(13-26(2,3)4)6-7-24(33-5)21(20)14-29-22;/h6-9,11,22-23,25,29,32H,10,12-14H2,1-5H3,(H,30,31);1H/t22-,23+,25+;/m1./s1. The Balaban J connectivity index is 0.00000408. The fraction of sp³-hybridized carbons (Fsp3) is 0.500. The molecular formula is C26H35ClF2N2O3. The highest BCUT2D eigenvalue weighted by molar-refractivity contribution is 5.85. The summed E-state index contributed by atoms with van der Waals surface area (Å²) in [5.41, 5.74) is 3.88. The van der Waals surface area contributed by atoms with Crippen LogP contribution in [0.5, 0.6) is 5.75 Å². The number of fused-ring (bicyclic) bond motifs is 1. The average molecular weight is 497 g/mol. The van der Waals surface area contributed by atoms with Crippen molar-refractivity contribution in [3.05, 3.63) is 64.2 Å². The zero-order chi connectivity index (χ0) is 24.3. The molecule has 0 aliphatic carbocycles. The fourth-order valence-corrected chi connectivity index (χ4v) is 4.64. The summed E-state index contributed by atoms with van der Waals surface area (Å²) >= 11 is 0. The summed E-state index contributed by atoms with van der Waals surface area (Å²) in [6.45, 7) is 8.42. The minimum absolute atomic E-state index is 0. The van der Waals surface area contributed by atoms with Crippen molar-refractivity contribution in [1.29, 1.82) is 0 Å². The van der Waals surface area contributed by atoms with Crippen LogP contribution in [0.2, 0.25) is 0 Å². The molecule has 1 aliphatic heterocycles. The molecule has 0 radical (unpaired) electrons. The number of aliphatic hydroxyl groups excluding tert-OH is 1. The van der Waals surface area contributed by atoms with E-state index in [0.717, 1.165) is 29.4 Å². The molecular weight excluding hydrogens is 462 g/mol. The molecule has 2 aromatic rings. The number of ether oxygens (including phenoxy) is 1. The van der Waals surface area contributed by atoms with E-state index in [0.29, 0.717) is 18.5 Å². The lowest BCUT2D eigenvalue weighted by Crippen LogP contribution is -2.55. The highest BCUT2D eigenvalue weighted by Gasteiger charge is 2.33. The van der Waals surface area contributed by atoms with Gasteiger partial charge in [-0.2, -0.15) is 0 Å². The summed E-state index contributed by atoms with van der Waals surface area (Å²) in [7, 11) is 1.64. The summed E-state index contributed by atoms with van der Waals surface area (Å²) in [4.78, 5) is 11.9. The van der Waals surface area contributed by atoms with E-state index in [1.807, 2.05) is 6.07 Å². The fourth-order valence-electron chi connectivity index (χ4n) is 4.64. The molecule has 0 saturated carbocycles. The zero-order valence-electron chi connectivity index (χ0n) is 20.4. The second-order valence-electron chi connectivity index (χ2n) is 10.1. The highest BCUT2D eigenvalue weighted by Crippen LogP contribution is 2.34. The Morgan fingerprint density at radius 3 is 2.41 bits per heavy atom. The second-order valence-corrected chi connectivity index (χ2v) is 10.1. The van der Waals surface area contributed by atoms with Gasteiger partial charge in [-0.15, -0.1) is 12.4 Å². The number of rotatable bonds is 7. The third-order valence-corrected chi connectivity index (χ3v) is 5.98. The van der Waals surface area contributed by atoms with Gasteiger partial charge in [0.2, 0.25) is 5.91 Å². The van der Waals surface area contributed by atoms with Gasteiger partial charge in [-0.25, -0.2) is 8.78 Å². The van der Waals surface area contributed by atoms with Gasteiger partial charge in [-0.3, -0.25) is 4.79 Å². The van der Waals surface area contributed by atoms with E-state index in [1.54, 1.807) is 7.11 Å². The minimum Gasteiger partial charge on any atom is -0.496 e. The van der Waals surface area contributed by atoms with Gasteiger partial charge in [-0.05, 0) is 59.6 Å². The van der Waals surface area contributed by atoms with Gasteiger partial charge < -0.3 is 20.5 Å². The Kier molecular flexibility index (Phi) is 9.45. The number of nitrogens with one attached hydrogen (secondary N) is 2. The minimum atomic E-state index is -0.970. The lowest BCUT2D eigenvalue weighted by atomic mass is 9.80. The van der Waals surface area contributed by atoms with Crippen LogP contribution in [0.4, 0.5) is 8.78 Å². The Morgan fingerprint density at radius 2 is 1.85 bits per heavy atom. The molecule has 188 valence electrons. The van der Waals surface area contributed by atoms with E-state index >= 15 is 0 Å². The van der Waals surface area contributed by atoms with Gasteiger partial charge in [0, 0.05) is 31.1 Å². The largest absolute Gasteiger partial charge is 0.496 e. The molecule has 0 unspecified atom stereocenters. The van der Waals surface area contributed by atoms with Crippen molar-refractivity contribution in [3.63, 3.8) is 0 Å². The third kappa shape index (κ3) is 7.14. The van der Waals surface area contributed by atoms with E-state index in [-0.39, 0.29) is 36.2 Å². The molecule has 5 nitrogen and oxygen atoms in total. The van der Waals surface area contributed by atoms with Gasteiger partial charge in [-0.1, -0.05) is 26.8 Å². The maximum atomic E-state index is 13.7. The third-order valence-electron chi connectivity index (χ3n) is 5.98. The number of halogens is 3. The number of hydrogen-bond donors (Lipinski definition) is 3. The van der Waals surface area contributed by atoms with Gasteiger partial charge in [0.1, 0.15) is 17.4 Å². The highest BCUT2D eigenvalue weighted by atomic mass is 35.5. The molecule has 0 fully saturated rings. The first-order chi connectivity index (χ1) is 15.5. The molecule has 34 heavy (non-hydrogen) atoms. The molecule has 0 bridgehead atoms. The second kappa shape index (κ2) is 11.5. The Hall–Kier alpha value is -2.22. The molecule has 3 N–H and O–H groups in total. The van der Waals surface area contributed by atoms with Gasteiger partial charge >= 0.3 is 0 Å². The zero-order valence-corrected chi connectivity index (χ0v) is 21.2. The average Bonchev–Trinajstić information content (AvgIpc) is 2.70. The first-order valence-corrected chi connectivity index (χ1v) is 11.3. The topological polar surface area (TPSA) is 70.6 Å². The van der Waals surface area contributed by atoms with Crippen LogP contribution in [0.1, 0.15) is 49.9 Å². The van der Waals surface area contributed by atoms with Crippen molar-refractivity contribution in [3.8, 4) is 5.75 Å². The molecule has 0 saturated heterocycles. The number of amides is 1. The molecule has 1 amide bonds. The Morgan fingerprint density at radius 1 is 1.21 bits per heavy atom. The normalized spacial score (nSPS) is 17.2. The van der Waals surface area contributed by atoms with Crippen LogP contribution in [-0.4, -0.2) is 36.3 Å². The van der Waals surface area contributed by atoms with E-state index < -0.39 is 23.8 Å². The van der Waals surface area contributed by atoms with Crippen molar-refractivity contribution in [2.75, 3.05) is 7.11 Å². The number of methoxy groups -OCH3 is 1. The van der Waals surface area contributed by atoms with Crippen molar-refractivity contribution >= 4 is 18.3 Å². The summed E-state index contributed by atoms with van der Waals surface area (Å²) < 4.78 is 33.0. The van der Waals surface area contributed by atoms with Crippen LogP contribution in [-0.2, 0) is 30.6 Å². The smallest absolute Gasteiger partial charge is 0.217 e. The molecule has 1 aliphatic rings. The number of carbonyl (C=O) groups is 1. The quantitative estimate of drug-likeness (QED) is 0.539. The Bertz CT molecular complexity index is 990. The maximum Gasteiger partial charge on any atom is 0.217 e. The Labute approximate surface area is 206 Å². The van der Waals surface area contributed by atoms with Crippen LogP contribution in [0.3, 0.4) is 0 Å². The number of carbonyl (C=O) groups excluding carboxylic acids is 1. The van der Waals surface area contributed by atoms with E-state index in [1.165, 1.54) is 24.6 Å². The molecule has 0 spiro atoms. The van der Waals surface area contributed by atoms with Crippen LogP contribution < -0.4 is 15.4 Å². The number of aliphatic hydroxyl groups is 1. The first kappa shape index (κ1) is 28.0. The predicted octanol–water partition coefficient (Wildman–Crippen LogP) is 4.11. The van der Waals surface area contributed by atoms with Crippen molar-refractivity contribution in [2.24, 2.45) is 5.41 Å². The molecule has 3 rings (SSSR count). The van der Waals surface area contributed by atoms with Crippen LogP contribution >= 0.6 is 12.4 Å². The van der Waals surface area contributed by atoms with Gasteiger partial charge in [0.05, 0.1) is 19.3 Å². The lowest BCUT2D eigenvalue weighted by Gasteiger charge is -2.36. The summed E-state index contributed by atoms with van der Waals surface area (Å²) in [6.07, 6.45) is 0.557. The van der Waals surface area contributed by atoms with E-state index in [9.17, 15) is 18.7 Å². The van der Waals surface area contributed by atoms with Crippen molar-refractivity contribution < 1.29 is 23.4 Å². The molecule has 1 heterocycles. The molecule has 3 atom stereocenters. The van der Waals surface area contributed by atoms with Crippen LogP contribution in [0.25, 0.3) is 0 Å². The first-order valence-electron chi connectivity index (χ1n) is 11.3. The SMILES string of the molecule is COc1ccc(CC(C)(C)C)c2c1CN[C@@H]([C@H](O)[C@H](Cc1cc(F)cc(F)c1)NC(C)=O)C2.Cl. The predicted molar refractivity (Wildman–Crippen MR) is 131 cm³/mol. The van der Waals surface area contributed by atoms with Crippen LogP contribution in [0, 0.1) is 17.0 Å². The monoisotopic (exact) mass is 496 g/mol. The summed E-state index contributed by atoms with van der Waals surface area (Å²) in [5.74, 6) is -0.895. The maximum absolute atomic E-state index is 13.7. The molecule has 0 aromatic heterocycles. The van der Waals surface area contributed by atoms with Crippen molar-refractivity contribution in [2.45, 2.75) is 71.7 Å². The molecule has 2 aromatic carbocycles. The van der Waals surface area contributed by atoms with E-state index in [2.05, 4.69) is 37.5 Å². The summed E-state index contributed by atoms with van der Waals surface area (Å²) in [5, 5.41) is 17.4. The number of hydrogen-bond acceptors (Lipinski definition) is 4. The van der Waals surface area contributed by atoms with Crippen molar-refractivity contribution in [1.82, 2.24) is 10.6 Å². The number of benzene rings is 2. The molecule has 8 heteroatoms. The lowest BCUT2D eigenvalue weighted by molar-refractivity contribution is -0.120. The van der Waals surface area contributed by atoms with Gasteiger partial charge in [0.25, 0.3) is 0 Å². The van der Waals surface area contributed by atoms with Gasteiger partial charge in [0.15, 0.2) is 0 Å². The van der Waals surface area contributed by atoms with Crippen LogP contribution in [0.15, 0.2) is 30.3 Å².